The van der Waals surface area contributed by atoms with Crippen molar-refractivity contribution >= 4 is 12.0 Å². The lowest BCUT2D eigenvalue weighted by Crippen LogP contribution is -2.01. The first-order chi connectivity index (χ1) is 13.7. The van der Waals surface area contributed by atoms with Gasteiger partial charge in [-0.2, -0.15) is 0 Å². The Bertz CT molecular complexity index is 959. The first kappa shape index (κ1) is 19.0. The van der Waals surface area contributed by atoms with Crippen LogP contribution in [-0.2, 0) is 16.1 Å². The molecular weight excluding hydrogens is 364 g/mol. The van der Waals surface area contributed by atoms with E-state index in [0.29, 0.717) is 23.9 Å². The summed E-state index contributed by atoms with van der Waals surface area (Å²) >= 11 is 0. The monoisotopic (exact) mass is 382 g/mol. The number of esters is 1. The van der Waals surface area contributed by atoms with Crippen molar-refractivity contribution in [2.75, 3.05) is 13.7 Å². The summed E-state index contributed by atoms with van der Waals surface area (Å²) in [6.07, 6.45) is 6.04. The Hall–Kier alpha value is -3.81. The molecule has 0 saturated carbocycles. The molecule has 0 saturated heterocycles. The van der Waals surface area contributed by atoms with Gasteiger partial charge in [-0.05, 0) is 35.9 Å². The zero-order valence-electron chi connectivity index (χ0n) is 15.2. The number of benzene rings is 1. The Kier molecular flexibility index (Phi) is 6.25. The van der Waals surface area contributed by atoms with Gasteiger partial charge in [-0.15, -0.1) is 10.2 Å². The highest BCUT2D eigenvalue weighted by atomic mass is 16.5. The molecule has 0 aliphatic rings. The van der Waals surface area contributed by atoms with Gasteiger partial charge in [0.25, 0.3) is 11.8 Å². The van der Waals surface area contributed by atoms with Gasteiger partial charge in [0, 0.05) is 6.08 Å². The first-order valence-electron chi connectivity index (χ1n) is 8.32. The number of rotatable bonds is 9. The molecule has 0 bridgehead atoms. The highest BCUT2D eigenvalue weighted by molar-refractivity contribution is 5.87. The third-order valence-corrected chi connectivity index (χ3v) is 3.49. The zero-order chi connectivity index (χ0) is 19.8. The summed E-state index contributed by atoms with van der Waals surface area (Å²) in [6, 6.07) is 8.68. The number of aromatic nitrogens is 2. The number of furan rings is 1. The van der Waals surface area contributed by atoms with E-state index in [2.05, 4.69) is 16.8 Å². The summed E-state index contributed by atoms with van der Waals surface area (Å²) in [5, 5.41) is 7.63. The van der Waals surface area contributed by atoms with Gasteiger partial charge >= 0.3 is 5.97 Å². The van der Waals surface area contributed by atoms with Crippen molar-refractivity contribution in [2.45, 2.75) is 6.61 Å². The Balaban J connectivity index is 1.55. The van der Waals surface area contributed by atoms with Gasteiger partial charge in [0.15, 0.2) is 23.9 Å². The summed E-state index contributed by atoms with van der Waals surface area (Å²) < 4.78 is 26.4. The predicted molar refractivity (Wildman–Crippen MR) is 99.5 cm³/mol. The van der Waals surface area contributed by atoms with E-state index in [1.165, 1.54) is 12.3 Å². The van der Waals surface area contributed by atoms with Gasteiger partial charge in [0.2, 0.25) is 0 Å². The molecular formula is C20H18N2O6. The second-order valence-corrected chi connectivity index (χ2v) is 5.43. The SMILES string of the molecule is C=CCOc1ccc(/C=C/C(=O)OCc2nnc(-c3ccco3)o2)cc1OC. The van der Waals surface area contributed by atoms with E-state index in [4.69, 9.17) is 23.0 Å². The molecule has 0 atom stereocenters. The van der Waals surface area contributed by atoms with Gasteiger partial charge in [-0.1, -0.05) is 18.7 Å². The predicted octanol–water partition coefficient (Wildman–Crippen LogP) is 3.66. The maximum Gasteiger partial charge on any atom is 0.331 e. The zero-order valence-corrected chi connectivity index (χ0v) is 15.2. The van der Waals surface area contributed by atoms with E-state index in [1.807, 2.05) is 0 Å². The summed E-state index contributed by atoms with van der Waals surface area (Å²) in [6.45, 7) is 3.83. The summed E-state index contributed by atoms with van der Waals surface area (Å²) in [4.78, 5) is 11.9. The topological polar surface area (TPSA) is 96.8 Å². The van der Waals surface area contributed by atoms with Crippen LogP contribution < -0.4 is 9.47 Å². The average molecular weight is 382 g/mol. The van der Waals surface area contributed by atoms with Crippen LogP contribution in [0.3, 0.4) is 0 Å². The van der Waals surface area contributed by atoms with Crippen LogP contribution in [0.15, 0.2) is 64.2 Å². The molecule has 0 aliphatic heterocycles. The van der Waals surface area contributed by atoms with Crippen LogP contribution in [0, 0.1) is 0 Å². The van der Waals surface area contributed by atoms with E-state index in [0.717, 1.165) is 5.56 Å². The van der Waals surface area contributed by atoms with E-state index >= 15 is 0 Å². The average Bonchev–Trinajstić information content (AvgIpc) is 3.41. The molecule has 3 rings (SSSR count). The fourth-order valence-electron chi connectivity index (χ4n) is 2.21. The number of carbonyl (C=O) groups is 1. The lowest BCUT2D eigenvalue weighted by molar-refractivity contribution is -0.139. The molecule has 28 heavy (non-hydrogen) atoms. The van der Waals surface area contributed by atoms with Crippen LogP contribution in [0.4, 0.5) is 0 Å². The van der Waals surface area contributed by atoms with Gasteiger partial charge in [0.05, 0.1) is 13.4 Å². The van der Waals surface area contributed by atoms with Gasteiger partial charge in [-0.3, -0.25) is 0 Å². The highest BCUT2D eigenvalue weighted by Crippen LogP contribution is 2.28. The Morgan fingerprint density at radius 1 is 1.25 bits per heavy atom. The van der Waals surface area contributed by atoms with Crippen LogP contribution in [0.25, 0.3) is 17.7 Å². The second kappa shape index (κ2) is 9.22. The standard InChI is InChI=1S/C20H18N2O6/c1-3-10-25-15-8-6-14(12-17(15)24-2)7-9-19(23)27-13-18-21-22-20(28-18)16-5-4-11-26-16/h3-9,11-12H,1,10,13H2,2H3/b9-7+. The molecule has 1 aromatic carbocycles. The molecule has 0 unspecified atom stereocenters. The Labute approximate surface area is 161 Å². The maximum atomic E-state index is 11.9. The molecule has 0 amide bonds. The van der Waals surface area contributed by atoms with Crippen LogP contribution in [0.1, 0.15) is 11.5 Å². The van der Waals surface area contributed by atoms with Crippen molar-refractivity contribution in [1.82, 2.24) is 10.2 Å². The molecule has 144 valence electrons. The van der Waals surface area contributed by atoms with Gasteiger partial charge < -0.3 is 23.0 Å². The molecule has 8 nitrogen and oxygen atoms in total. The summed E-state index contributed by atoms with van der Waals surface area (Å²) in [5.41, 5.74) is 0.748. The third kappa shape index (κ3) is 4.88. The number of hydrogen-bond acceptors (Lipinski definition) is 8. The normalized spacial score (nSPS) is 10.8. The van der Waals surface area contributed by atoms with E-state index < -0.39 is 5.97 Å². The number of methoxy groups -OCH3 is 1. The second-order valence-electron chi connectivity index (χ2n) is 5.43. The molecule has 0 aliphatic carbocycles. The van der Waals surface area contributed by atoms with E-state index in [-0.39, 0.29) is 18.4 Å². The fourth-order valence-corrected chi connectivity index (χ4v) is 2.21. The molecule has 0 spiro atoms. The Morgan fingerprint density at radius 2 is 2.14 bits per heavy atom. The highest BCUT2D eigenvalue weighted by Gasteiger charge is 2.12. The number of hydrogen-bond donors (Lipinski definition) is 0. The third-order valence-electron chi connectivity index (χ3n) is 3.49. The molecule has 3 aromatic rings. The first-order valence-corrected chi connectivity index (χ1v) is 8.32. The van der Waals surface area contributed by atoms with Crippen LogP contribution in [0.5, 0.6) is 11.5 Å². The van der Waals surface area contributed by atoms with Crippen LogP contribution in [0.2, 0.25) is 0 Å². The Morgan fingerprint density at radius 3 is 2.89 bits per heavy atom. The summed E-state index contributed by atoms with van der Waals surface area (Å²) in [5.74, 6) is 1.42. The minimum atomic E-state index is -0.552. The van der Waals surface area contributed by atoms with Gasteiger partial charge in [0.1, 0.15) is 6.61 Å². The van der Waals surface area contributed by atoms with Crippen LogP contribution in [-0.4, -0.2) is 29.9 Å². The molecule has 0 radical (unpaired) electrons. The quantitative estimate of drug-likeness (QED) is 0.314. The van der Waals surface area contributed by atoms with E-state index in [9.17, 15) is 4.79 Å². The lowest BCUT2D eigenvalue weighted by Gasteiger charge is -2.09. The van der Waals surface area contributed by atoms with Crippen molar-refractivity contribution in [3.63, 3.8) is 0 Å². The minimum absolute atomic E-state index is 0.144. The fraction of sp³-hybridized carbons (Fsp3) is 0.150. The maximum absolute atomic E-state index is 11.9. The molecule has 0 N–H and O–H groups in total. The largest absolute Gasteiger partial charge is 0.493 e. The van der Waals surface area contributed by atoms with Crippen LogP contribution >= 0.6 is 0 Å². The van der Waals surface area contributed by atoms with Crippen molar-refractivity contribution in [2.24, 2.45) is 0 Å². The molecule has 8 heteroatoms. The summed E-state index contributed by atoms with van der Waals surface area (Å²) in [7, 11) is 1.54. The molecule has 2 aromatic heterocycles. The number of ether oxygens (including phenoxy) is 3. The molecule has 2 heterocycles. The smallest absolute Gasteiger partial charge is 0.331 e. The number of carbonyl (C=O) groups excluding carboxylic acids is 1. The van der Waals surface area contributed by atoms with Crippen molar-refractivity contribution in [1.29, 1.82) is 0 Å². The minimum Gasteiger partial charge on any atom is -0.493 e. The van der Waals surface area contributed by atoms with Gasteiger partial charge in [-0.25, -0.2) is 4.79 Å². The van der Waals surface area contributed by atoms with Crippen molar-refractivity contribution in [3.8, 4) is 23.1 Å². The number of nitrogens with zero attached hydrogens (tertiary/aromatic N) is 2. The van der Waals surface area contributed by atoms with Crippen molar-refractivity contribution in [3.05, 3.63) is 66.8 Å². The lowest BCUT2D eigenvalue weighted by atomic mass is 10.2. The van der Waals surface area contributed by atoms with E-state index in [1.54, 1.807) is 49.6 Å². The molecule has 0 fully saturated rings. The van der Waals surface area contributed by atoms with Crippen molar-refractivity contribution < 1.29 is 27.8 Å².